The summed E-state index contributed by atoms with van der Waals surface area (Å²) in [5, 5.41) is 9.81. The third-order valence-electron chi connectivity index (χ3n) is 6.52. The summed E-state index contributed by atoms with van der Waals surface area (Å²) in [7, 11) is 4.03. The summed E-state index contributed by atoms with van der Waals surface area (Å²) >= 11 is 0. The quantitative estimate of drug-likeness (QED) is 0.325. The molecule has 1 amide bonds. The van der Waals surface area contributed by atoms with Gasteiger partial charge in [-0.2, -0.15) is 0 Å². The van der Waals surface area contributed by atoms with Crippen molar-refractivity contribution >= 4 is 40.0 Å². The van der Waals surface area contributed by atoms with E-state index in [0.29, 0.717) is 5.69 Å². The normalized spacial score (nSPS) is 13.9. The maximum Gasteiger partial charge on any atom is 0.272 e. The van der Waals surface area contributed by atoms with Crippen LogP contribution >= 0.6 is 0 Å². The lowest BCUT2D eigenvalue weighted by atomic mass is 10.2. The molecule has 1 aliphatic heterocycles. The van der Waals surface area contributed by atoms with Crippen molar-refractivity contribution in [3.8, 4) is 0 Å². The number of carbonyl (C=O) groups excluding carboxylic acids is 1. The fourth-order valence-electron chi connectivity index (χ4n) is 4.32. The molecule has 0 radical (unpaired) electrons. The van der Waals surface area contributed by atoms with Crippen LogP contribution in [-0.4, -0.2) is 48.6 Å². The van der Waals surface area contributed by atoms with Crippen molar-refractivity contribution in [1.29, 1.82) is 0 Å². The van der Waals surface area contributed by atoms with E-state index >= 15 is 0 Å². The average molecular weight is 481 g/mol. The molecule has 0 spiro atoms. The molecular formula is C29H32N6O. The molecule has 184 valence electrons. The molecular weight excluding hydrogens is 448 g/mol. The fourth-order valence-corrected chi connectivity index (χ4v) is 4.32. The molecule has 3 N–H and O–H groups in total. The molecule has 0 unspecified atom stereocenters. The molecule has 0 atom stereocenters. The molecule has 1 fully saturated rings. The number of aryl methyl sites for hydroxylation is 1. The molecule has 0 saturated carbocycles. The van der Waals surface area contributed by atoms with Crippen LogP contribution in [0.25, 0.3) is 0 Å². The first-order valence-corrected chi connectivity index (χ1v) is 12.2. The van der Waals surface area contributed by atoms with Gasteiger partial charge in [-0.25, -0.2) is 0 Å². The second-order valence-corrected chi connectivity index (χ2v) is 9.20. The lowest BCUT2D eigenvalue weighted by molar-refractivity contribution is 0.101. The molecule has 3 aromatic carbocycles. The topological polar surface area (TPSA) is 64.6 Å². The Hall–Kier alpha value is -4.23. The van der Waals surface area contributed by atoms with Crippen molar-refractivity contribution in [2.75, 3.05) is 54.1 Å². The third-order valence-corrected chi connectivity index (χ3v) is 6.52. The summed E-state index contributed by atoms with van der Waals surface area (Å²) < 4.78 is 1.80. The summed E-state index contributed by atoms with van der Waals surface area (Å²) in [6.45, 7) is 4.36. The number of nitrogens with zero attached hydrogens (tertiary/aromatic N) is 3. The molecule has 2 heterocycles. The maximum atomic E-state index is 12.4. The van der Waals surface area contributed by atoms with E-state index in [1.165, 1.54) is 5.69 Å². The van der Waals surface area contributed by atoms with Gasteiger partial charge in [0.2, 0.25) is 0 Å². The predicted octanol–water partition coefficient (Wildman–Crippen LogP) is 5.52. The maximum absolute atomic E-state index is 12.4. The highest BCUT2D eigenvalue weighted by Crippen LogP contribution is 2.25. The Balaban J connectivity index is 1.14. The zero-order valence-corrected chi connectivity index (χ0v) is 20.7. The van der Waals surface area contributed by atoms with Gasteiger partial charge in [0.1, 0.15) is 5.69 Å². The van der Waals surface area contributed by atoms with Gasteiger partial charge in [-0.15, -0.1) is 0 Å². The first-order chi connectivity index (χ1) is 17.5. The summed E-state index contributed by atoms with van der Waals surface area (Å²) in [5.41, 5.74) is 6.70. The first-order valence-electron chi connectivity index (χ1n) is 12.2. The van der Waals surface area contributed by atoms with Gasteiger partial charge < -0.3 is 30.3 Å². The molecule has 4 aromatic rings. The Morgan fingerprint density at radius 3 is 1.58 bits per heavy atom. The third kappa shape index (κ3) is 5.70. The van der Waals surface area contributed by atoms with Crippen LogP contribution < -0.4 is 20.9 Å². The van der Waals surface area contributed by atoms with Crippen LogP contribution in [-0.2, 0) is 7.05 Å². The highest BCUT2D eigenvalue weighted by Gasteiger charge is 2.14. The van der Waals surface area contributed by atoms with Gasteiger partial charge in [-0.05, 0) is 92.0 Å². The largest absolute Gasteiger partial charge is 0.369 e. The predicted molar refractivity (Wildman–Crippen MR) is 149 cm³/mol. The van der Waals surface area contributed by atoms with Crippen molar-refractivity contribution in [2.45, 2.75) is 0 Å². The number of rotatable bonds is 7. The number of likely N-dealkylation sites (N-methyl/N-ethyl adjacent to an activating group) is 1. The second-order valence-electron chi connectivity index (χ2n) is 9.20. The van der Waals surface area contributed by atoms with Gasteiger partial charge >= 0.3 is 0 Å². The summed E-state index contributed by atoms with van der Waals surface area (Å²) in [4.78, 5) is 17.2. The Kier molecular flexibility index (Phi) is 6.91. The zero-order valence-electron chi connectivity index (χ0n) is 20.7. The molecule has 0 aliphatic carbocycles. The van der Waals surface area contributed by atoms with Crippen molar-refractivity contribution in [2.24, 2.45) is 7.05 Å². The SMILES string of the molecule is CN1CCN(c2ccc(Nc3ccc(Nc4ccc(NC(=O)c5cccn5C)cc4)cc3)cc2)CC1. The number of hydrogen-bond donors (Lipinski definition) is 3. The second kappa shape index (κ2) is 10.6. The summed E-state index contributed by atoms with van der Waals surface area (Å²) in [6.07, 6.45) is 1.86. The fraction of sp³-hybridized carbons (Fsp3) is 0.207. The minimum absolute atomic E-state index is 0.125. The molecule has 1 saturated heterocycles. The van der Waals surface area contributed by atoms with Gasteiger partial charge in [-0.3, -0.25) is 4.79 Å². The minimum atomic E-state index is -0.125. The summed E-state index contributed by atoms with van der Waals surface area (Å²) in [6, 6.07) is 28.2. The van der Waals surface area contributed by atoms with Crippen molar-refractivity contribution in [1.82, 2.24) is 9.47 Å². The Morgan fingerprint density at radius 2 is 1.11 bits per heavy atom. The zero-order chi connectivity index (χ0) is 24.9. The minimum Gasteiger partial charge on any atom is -0.369 e. The number of anilines is 6. The number of aromatic nitrogens is 1. The highest BCUT2D eigenvalue weighted by molar-refractivity contribution is 6.03. The molecule has 0 bridgehead atoms. The van der Waals surface area contributed by atoms with E-state index in [1.54, 1.807) is 10.6 Å². The Labute approximate surface area is 212 Å². The van der Waals surface area contributed by atoms with E-state index in [1.807, 2.05) is 55.7 Å². The number of benzene rings is 3. The number of amides is 1. The van der Waals surface area contributed by atoms with Crippen LogP contribution in [0.4, 0.5) is 34.1 Å². The van der Waals surface area contributed by atoms with Crippen LogP contribution in [0, 0.1) is 0 Å². The van der Waals surface area contributed by atoms with Crippen LogP contribution in [0.1, 0.15) is 10.5 Å². The van der Waals surface area contributed by atoms with Crippen molar-refractivity contribution in [3.63, 3.8) is 0 Å². The van der Waals surface area contributed by atoms with Crippen LogP contribution in [0.3, 0.4) is 0 Å². The van der Waals surface area contributed by atoms with E-state index in [2.05, 4.69) is 69.2 Å². The van der Waals surface area contributed by atoms with Gasteiger partial charge in [-0.1, -0.05) is 0 Å². The lowest BCUT2D eigenvalue weighted by Gasteiger charge is -2.34. The van der Waals surface area contributed by atoms with E-state index in [4.69, 9.17) is 0 Å². The van der Waals surface area contributed by atoms with E-state index in [9.17, 15) is 4.79 Å². The van der Waals surface area contributed by atoms with Crippen LogP contribution in [0.15, 0.2) is 91.1 Å². The van der Waals surface area contributed by atoms with Crippen LogP contribution in [0.2, 0.25) is 0 Å². The smallest absolute Gasteiger partial charge is 0.272 e. The lowest BCUT2D eigenvalue weighted by Crippen LogP contribution is -2.44. The molecule has 5 rings (SSSR count). The number of carbonyl (C=O) groups is 1. The van der Waals surface area contributed by atoms with Gasteiger partial charge in [0, 0.05) is 73.5 Å². The number of hydrogen-bond acceptors (Lipinski definition) is 5. The van der Waals surface area contributed by atoms with E-state index < -0.39 is 0 Å². The van der Waals surface area contributed by atoms with Gasteiger partial charge in [0.25, 0.3) is 5.91 Å². The molecule has 36 heavy (non-hydrogen) atoms. The molecule has 7 heteroatoms. The molecule has 1 aromatic heterocycles. The van der Waals surface area contributed by atoms with E-state index in [-0.39, 0.29) is 5.91 Å². The highest BCUT2D eigenvalue weighted by atomic mass is 16.1. The first kappa shape index (κ1) is 23.5. The average Bonchev–Trinajstić information content (AvgIpc) is 3.33. The van der Waals surface area contributed by atoms with Crippen LogP contribution in [0.5, 0.6) is 0 Å². The van der Waals surface area contributed by atoms with Gasteiger partial charge in [0.15, 0.2) is 0 Å². The number of nitrogens with one attached hydrogen (secondary N) is 3. The standard InChI is InChI=1S/C29H32N6O/c1-33-18-20-35(21-19-33)27-15-13-25(14-16-27)31-23-7-5-22(6-8-23)30-24-9-11-26(12-10-24)32-29(36)28-4-3-17-34(28)2/h3-17,30-31H,18-21H2,1-2H3,(H,32,36). The number of piperazine rings is 1. The molecule has 1 aliphatic rings. The van der Waals surface area contributed by atoms with Gasteiger partial charge in [0.05, 0.1) is 0 Å². The molecule has 7 nitrogen and oxygen atoms in total. The Bertz CT molecular complexity index is 1290. The summed E-state index contributed by atoms with van der Waals surface area (Å²) in [5.74, 6) is -0.125. The monoisotopic (exact) mass is 480 g/mol. The van der Waals surface area contributed by atoms with Crippen molar-refractivity contribution < 1.29 is 4.79 Å². The Morgan fingerprint density at radius 1 is 0.639 bits per heavy atom. The van der Waals surface area contributed by atoms with Crippen molar-refractivity contribution in [3.05, 3.63) is 96.8 Å². The van der Waals surface area contributed by atoms with E-state index in [0.717, 1.165) is 54.6 Å².